The third-order valence-electron chi connectivity index (χ3n) is 5.60. The van der Waals surface area contributed by atoms with Gasteiger partial charge in [0.15, 0.2) is 5.78 Å². The highest BCUT2D eigenvalue weighted by Crippen LogP contribution is 2.28. The highest BCUT2D eigenvalue weighted by molar-refractivity contribution is 6.04. The molecule has 33 heavy (non-hydrogen) atoms. The van der Waals surface area contributed by atoms with E-state index in [4.69, 9.17) is 0 Å². The average molecular weight is 449 g/mol. The normalized spacial score (nSPS) is 10.8. The number of likely N-dealkylation sites (N-methyl/N-ethyl adjacent to an activating group) is 1. The predicted molar refractivity (Wildman–Crippen MR) is 127 cm³/mol. The van der Waals surface area contributed by atoms with Crippen LogP contribution in [0, 0.1) is 4.91 Å². The number of amides is 2. The molecule has 0 saturated heterocycles. The summed E-state index contributed by atoms with van der Waals surface area (Å²) in [6.07, 6.45) is 2.15. The van der Waals surface area contributed by atoms with Gasteiger partial charge in [-0.3, -0.25) is 14.4 Å². The molecule has 1 N–H and O–H groups in total. The number of para-hydroxylation sites is 1. The maximum Gasteiger partial charge on any atom is 0.316 e. The summed E-state index contributed by atoms with van der Waals surface area (Å²) in [6.45, 7) is 3.60. The SMILES string of the molecule is CCCN(C=O)CC(=O)c1c(CCNC)c2ccccc2n1Cc1ccc(C(=O)N=O)cc1. The van der Waals surface area contributed by atoms with E-state index in [2.05, 4.69) is 10.5 Å². The van der Waals surface area contributed by atoms with E-state index in [1.54, 1.807) is 24.3 Å². The first-order valence-electron chi connectivity index (χ1n) is 11.0. The molecule has 2 aromatic carbocycles. The average Bonchev–Trinajstić information content (AvgIpc) is 3.15. The number of hydrogen-bond acceptors (Lipinski definition) is 5. The number of Topliss-reactive ketones (excluding diaryl/α,β-unsaturated/α-hetero) is 1. The molecule has 1 aromatic heterocycles. The van der Waals surface area contributed by atoms with Crippen LogP contribution in [0.15, 0.2) is 53.7 Å². The minimum Gasteiger partial charge on any atom is -0.338 e. The number of fused-ring (bicyclic) bond motifs is 1. The van der Waals surface area contributed by atoms with Crippen molar-refractivity contribution < 1.29 is 14.4 Å². The van der Waals surface area contributed by atoms with Crippen LogP contribution in [-0.4, -0.2) is 54.2 Å². The number of nitrogens with zero attached hydrogens (tertiary/aromatic N) is 3. The topological polar surface area (TPSA) is 101 Å². The second kappa shape index (κ2) is 11.3. The number of hydrogen-bond donors (Lipinski definition) is 1. The Kier molecular flexibility index (Phi) is 8.21. The van der Waals surface area contributed by atoms with E-state index in [9.17, 15) is 19.3 Å². The number of benzene rings is 2. The van der Waals surface area contributed by atoms with Crippen LogP contribution in [0.3, 0.4) is 0 Å². The summed E-state index contributed by atoms with van der Waals surface area (Å²) in [4.78, 5) is 48.5. The van der Waals surface area contributed by atoms with E-state index in [-0.39, 0.29) is 17.9 Å². The van der Waals surface area contributed by atoms with Crippen molar-refractivity contribution in [1.82, 2.24) is 14.8 Å². The van der Waals surface area contributed by atoms with Crippen LogP contribution >= 0.6 is 0 Å². The van der Waals surface area contributed by atoms with Gasteiger partial charge < -0.3 is 14.8 Å². The Hall–Kier alpha value is -3.65. The molecule has 0 fully saturated rings. The zero-order valence-electron chi connectivity index (χ0n) is 18.9. The Morgan fingerprint density at radius 1 is 1.12 bits per heavy atom. The van der Waals surface area contributed by atoms with E-state index in [1.807, 2.05) is 42.8 Å². The van der Waals surface area contributed by atoms with E-state index >= 15 is 0 Å². The molecule has 8 heteroatoms. The van der Waals surface area contributed by atoms with Crippen LogP contribution in [0.2, 0.25) is 0 Å². The van der Waals surface area contributed by atoms with Gasteiger partial charge in [0.05, 0.1) is 12.2 Å². The van der Waals surface area contributed by atoms with E-state index < -0.39 is 5.91 Å². The third-order valence-corrected chi connectivity index (χ3v) is 5.60. The highest BCUT2D eigenvalue weighted by Gasteiger charge is 2.23. The number of carbonyl (C=O) groups excluding carboxylic acids is 3. The zero-order chi connectivity index (χ0) is 23.8. The third kappa shape index (κ3) is 5.40. The van der Waals surface area contributed by atoms with Gasteiger partial charge in [-0.05, 0) is 55.8 Å². The number of ketones is 1. The van der Waals surface area contributed by atoms with Gasteiger partial charge in [0.2, 0.25) is 6.41 Å². The first-order chi connectivity index (χ1) is 16.0. The summed E-state index contributed by atoms with van der Waals surface area (Å²) in [5.74, 6) is -0.933. The fraction of sp³-hybridized carbons (Fsp3) is 0.320. The molecular formula is C25H28N4O4. The van der Waals surface area contributed by atoms with Gasteiger partial charge in [-0.2, -0.15) is 0 Å². The van der Waals surface area contributed by atoms with Gasteiger partial charge in [0.1, 0.15) is 0 Å². The first-order valence-corrected chi connectivity index (χ1v) is 11.0. The van der Waals surface area contributed by atoms with Crippen molar-refractivity contribution in [3.8, 4) is 0 Å². The number of nitroso groups, excluding NO2 is 1. The van der Waals surface area contributed by atoms with Crippen molar-refractivity contribution in [2.75, 3.05) is 26.7 Å². The van der Waals surface area contributed by atoms with Gasteiger partial charge in [0.25, 0.3) is 0 Å². The summed E-state index contributed by atoms with van der Waals surface area (Å²) in [7, 11) is 1.87. The lowest BCUT2D eigenvalue weighted by molar-refractivity contribution is -0.117. The van der Waals surface area contributed by atoms with Crippen molar-refractivity contribution in [3.63, 3.8) is 0 Å². The minimum absolute atomic E-state index is 0.0126. The lowest BCUT2D eigenvalue weighted by atomic mass is 10.0. The molecular weight excluding hydrogens is 420 g/mol. The Morgan fingerprint density at radius 2 is 1.85 bits per heavy atom. The van der Waals surface area contributed by atoms with Gasteiger partial charge in [-0.15, -0.1) is 4.91 Å². The van der Waals surface area contributed by atoms with Crippen molar-refractivity contribution in [2.24, 2.45) is 5.18 Å². The summed E-state index contributed by atoms with van der Waals surface area (Å²) in [5, 5.41) is 6.60. The number of rotatable bonds is 12. The molecule has 2 amide bonds. The minimum atomic E-state index is -0.817. The molecule has 0 aliphatic carbocycles. The molecule has 0 aliphatic rings. The molecule has 172 valence electrons. The van der Waals surface area contributed by atoms with Crippen LogP contribution in [-0.2, 0) is 17.8 Å². The predicted octanol–water partition coefficient (Wildman–Crippen LogP) is 3.41. The van der Waals surface area contributed by atoms with Gasteiger partial charge in [0, 0.05) is 34.7 Å². The Bertz CT molecular complexity index is 1150. The summed E-state index contributed by atoms with van der Waals surface area (Å²) in [5.41, 5.74) is 3.55. The molecule has 3 rings (SSSR count). The maximum atomic E-state index is 13.5. The standard InChI is InChI=1S/C25H28N4O4/c1-3-14-28(17-30)16-23(31)24-21(12-13-26-2)20-6-4-5-7-22(20)29(24)15-18-8-10-19(11-9-18)25(32)27-33/h4-11,17,26H,3,12-16H2,1-2H3. The van der Waals surface area contributed by atoms with Gasteiger partial charge in [-0.25, -0.2) is 0 Å². The zero-order valence-corrected chi connectivity index (χ0v) is 18.9. The lowest BCUT2D eigenvalue weighted by Crippen LogP contribution is -2.31. The van der Waals surface area contributed by atoms with E-state index in [0.29, 0.717) is 31.7 Å². The summed E-state index contributed by atoms with van der Waals surface area (Å²) >= 11 is 0. The van der Waals surface area contributed by atoms with Crippen LogP contribution in [0.5, 0.6) is 0 Å². The van der Waals surface area contributed by atoms with E-state index in [1.165, 1.54) is 4.90 Å². The van der Waals surface area contributed by atoms with Crippen LogP contribution < -0.4 is 5.32 Å². The van der Waals surface area contributed by atoms with Crippen LogP contribution in [0.25, 0.3) is 10.9 Å². The quantitative estimate of drug-likeness (QED) is 0.260. The molecule has 8 nitrogen and oxygen atoms in total. The molecule has 1 heterocycles. The highest BCUT2D eigenvalue weighted by atomic mass is 16.3. The van der Waals surface area contributed by atoms with E-state index in [0.717, 1.165) is 34.9 Å². The fourth-order valence-corrected chi connectivity index (χ4v) is 4.06. The molecule has 0 spiro atoms. The van der Waals surface area contributed by atoms with Crippen molar-refractivity contribution in [3.05, 3.63) is 75.8 Å². The Labute approximate surface area is 192 Å². The Balaban J connectivity index is 2.09. The van der Waals surface area contributed by atoms with Crippen molar-refractivity contribution >= 4 is 29.0 Å². The molecule has 0 unspecified atom stereocenters. The smallest absolute Gasteiger partial charge is 0.316 e. The van der Waals surface area contributed by atoms with Gasteiger partial charge in [-0.1, -0.05) is 37.3 Å². The fourth-order valence-electron chi connectivity index (χ4n) is 4.06. The molecule has 3 aromatic rings. The molecule has 0 radical (unpaired) electrons. The molecule has 0 saturated carbocycles. The second-order valence-electron chi connectivity index (χ2n) is 7.88. The van der Waals surface area contributed by atoms with Gasteiger partial charge >= 0.3 is 5.91 Å². The lowest BCUT2D eigenvalue weighted by Gasteiger charge is -2.18. The van der Waals surface area contributed by atoms with Crippen LogP contribution in [0.4, 0.5) is 0 Å². The molecule has 0 bridgehead atoms. The largest absolute Gasteiger partial charge is 0.338 e. The molecule has 0 atom stereocenters. The monoisotopic (exact) mass is 448 g/mol. The maximum absolute atomic E-state index is 13.5. The van der Waals surface area contributed by atoms with Crippen LogP contribution in [0.1, 0.15) is 45.3 Å². The number of nitrogens with one attached hydrogen (secondary N) is 1. The number of carbonyl (C=O) groups is 3. The molecule has 0 aliphatic heterocycles. The Morgan fingerprint density at radius 3 is 2.48 bits per heavy atom. The first kappa shape index (κ1) is 24.0. The summed E-state index contributed by atoms with van der Waals surface area (Å²) < 4.78 is 1.98. The van der Waals surface area contributed by atoms with Crippen molar-refractivity contribution in [1.29, 1.82) is 0 Å². The number of aromatic nitrogens is 1. The second-order valence-corrected chi connectivity index (χ2v) is 7.88. The van der Waals surface area contributed by atoms with Crippen molar-refractivity contribution in [2.45, 2.75) is 26.3 Å². The summed E-state index contributed by atoms with van der Waals surface area (Å²) in [6, 6.07) is 14.5.